The van der Waals surface area contributed by atoms with E-state index in [-0.39, 0.29) is 5.91 Å². The molecule has 0 saturated carbocycles. The number of hydrogen-bond acceptors (Lipinski definition) is 3. The third-order valence-corrected chi connectivity index (χ3v) is 2.95. The summed E-state index contributed by atoms with van der Waals surface area (Å²) in [6.45, 7) is 2.36. The second-order valence-corrected chi connectivity index (χ2v) is 5.03. The first-order chi connectivity index (χ1) is 8.56. The lowest BCUT2D eigenvalue weighted by atomic mass is 10.1. The maximum absolute atomic E-state index is 12.2. The maximum atomic E-state index is 12.2. The number of carbonyl (C=O) groups excluding carboxylic acids is 1. The first-order valence-electron chi connectivity index (χ1n) is 5.43. The molecule has 1 aromatic carbocycles. The number of hydrogen-bond donors (Lipinski definition) is 1. The van der Waals surface area contributed by atoms with E-state index in [1.165, 1.54) is 6.33 Å². The van der Waals surface area contributed by atoms with Gasteiger partial charge in [0.15, 0.2) is 0 Å². The van der Waals surface area contributed by atoms with Gasteiger partial charge in [-0.15, -0.1) is 0 Å². The van der Waals surface area contributed by atoms with E-state index in [2.05, 4.69) is 31.1 Å². The number of rotatable bonds is 3. The van der Waals surface area contributed by atoms with E-state index >= 15 is 0 Å². The number of benzene rings is 1. The van der Waals surface area contributed by atoms with E-state index < -0.39 is 0 Å². The lowest BCUT2D eigenvalue weighted by molar-refractivity contribution is 0.0781. The van der Waals surface area contributed by atoms with E-state index in [9.17, 15) is 4.79 Å². The van der Waals surface area contributed by atoms with Crippen LogP contribution >= 0.6 is 15.9 Å². The predicted octanol–water partition coefficient (Wildman–Crippen LogP) is 2.15. The summed E-state index contributed by atoms with van der Waals surface area (Å²) in [5.41, 5.74) is 1.70. The van der Waals surface area contributed by atoms with Crippen molar-refractivity contribution in [3.05, 3.63) is 46.0 Å². The number of aromatic nitrogens is 3. The number of halogens is 1. The Morgan fingerprint density at radius 1 is 1.44 bits per heavy atom. The van der Waals surface area contributed by atoms with Crippen molar-refractivity contribution in [2.24, 2.45) is 0 Å². The van der Waals surface area contributed by atoms with Gasteiger partial charge in [0.2, 0.25) is 0 Å². The summed E-state index contributed by atoms with van der Waals surface area (Å²) >= 11 is 3.39. The lowest BCUT2D eigenvalue weighted by Gasteiger charge is -2.16. The molecule has 0 unspecified atom stereocenters. The summed E-state index contributed by atoms with van der Waals surface area (Å²) in [6, 6.07) is 5.64. The van der Waals surface area contributed by atoms with E-state index in [0.717, 1.165) is 10.0 Å². The normalized spacial score (nSPS) is 10.4. The zero-order valence-corrected chi connectivity index (χ0v) is 11.7. The highest BCUT2D eigenvalue weighted by Crippen LogP contribution is 2.16. The molecule has 0 aliphatic heterocycles. The molecule has 0 spiro atoms. The number of nitrogens with one attached hydrogen (secondary N) is 1. The van der Waals surface area contributed by atoms with Crippen LogP contribution in [-0.2, 0) is 6.54 Å². The van der Waals surface area contributed by atoms with Crippen molar-refractivity contribution in [3.8, 4) is 0 Å². The van der Waals surface area contributed by atoms with Gasteiger partial charge in [0.25, 0.3) is 5.91 Å². The molecule has 2 rings (SSSR count). The van der Waals surface area contributed by atoms with Gasteiger partial charge in [-0.05, 0) is 30.7 Å². The summed E-state index contributed by atoms with van der Waals surface area (Å²) in [6.07, 6.45) is 1.43. The van der Waals surface area contributed by atoms with Crippen LogP contribution in [-0.4, -0.2) is 33.0 Å². The summed E-state index contributed by atoms with van der Waals surface area (Å²) in [7, 11) is 1.74. The van der Waals surface area contributed by atoms with Gasteiger partial charge in [0.1, 0.15) is 12.2 Å². The van der Waals surface area contributed by atoms with Crippen LogP contribution in [0.25, 0.3) is 0 Å². The van der Waals surface area contributed by atoms with Crippen LogP contribution in [0, 0.1) is 6.92 Å². The number of amides is 1. The Hall–Kier alpha value is -1.69. The summed E-state index contributed by atoms with van der Waals surface area (Å²) in [5.74, 6) is 0.619. The predicted molar refractivity (Wildman–Crippen MR) is 71.1 cm³/mol. The number of H-pyrrole nitrogens is 1. The van der Waals surface area contributed by atoms with Gasteiger partial charge >= 0.3 is 0 Å². The van der Waals surface area contributed by atoms with Crippen molar-refractivity contribution in [1.29, 1.82) is 0 Å². The van der Waals surface area contributed by atoms with Crippen LogP contribution in [0.3, 0.4) is 0 Å². The fourth-order valence-corrected chi connectivity index (χ4v) is 2.29. The largest absolute Gasteiger partial charge is 0.334 e. The summed E-state index contributed by atoms with van der Waals surface area (Å²) < 4.78 is 0.902. The molecule has 0 atom stereocenters. The van der Waals surface area contributed by atoms with Crippen molar-refractivity contribution in [2.45, 2.75) is 13.5 Å². The highest BCUT2D eigenvalue weighted by atomic mass is 79.9. The van der Waals surface area contributed by atoms with Crippen LogP contribution in [0.1, 0.15) is 21.7 Å². The molecule has 0 bridgehead atoms. The number of aromatic amines is 1. The smallest absolute Gasteiger partial charge is 0.254 e. The number of carbonyl (C=O) groups is 1. The van der Waals surface area contributed by atoms with E-state index in [1.54, 1.807) is 11.9 Å². The quantitative estimate of drug-likeness (QED) is 0.945. The lowest BCUT2D eigenvalue weighted by Crippen LogP contribution is -2.26. The minimum Gasteiger partial charge on any atom is -0.334 e. The minimum absolute atomic E-state index is 0.0456. The first-order valence-corrected chi connectivity index (χ1v) is 6.22. The van der Waals surface area contributed by atoms with Crippen molar-refractivity contribution in [2.75, 3.05) is 7.05 Å². The molecule has 0 fully saturated rings. The molecule has 2 aromatic rings. The fraction of sp³-hybridized carbons (Fsp3) is 0.250. The van der Waals surface area contributed by atoms with Crippen LogP contribution in [0.2, 0.25) is 0 Å². The third kappa shape index (κ3) is 2.95. The van der Waals surface area contributed by atoms with Crippen LogP contribution < -0.4 is 0 Å². The average molecular weight is 309 g/mol. The Kier molecular flexibility index (Phi) is 3.76. The Morgan fingerprint density at radius 2 is 2.22 bits per heavy atom. The summed E-state index contributed by atoms with van der Waals surface area (Å²) in [5, 5.41) is 6.49. The molecule has 0 aliphatic carbocycles. The zero-order valence-electron chi connectivity index (χ0n) is 10.1. The molecule has 0 aliphatic rings. The first kappa shape index (κ1) is 12.8. The molecule has 0 radical (unpaired) electrons. The van der Waals surface area contributed by atoms with Crippen LogP contribution in [0.15, 0.2) is 29.0 Å². The van der Waals surface area contributed by atoms with Crippen LogP contribution in [0.4, 0.5) is 0 Å². The second-order valence-electron chi connectivity index (χ2n) is 4.11. The SMILES string of the molecule is Cc1cc(Br)cc(C(=O)N(C)Cc2ncn[nH]2)c1. The fourth-order valence-electron chi connectivity index (χ4n) is 1.68. The minimum atomic E-state index is -0.0456. The van der Waals surface area contributed by atoms with E-state index in [1.807, 2.05) is 25.1 Å². The average Bonchev–Trinajstić information content (AvgIpc) is 2.79. The second kappa shape index (κ2) is 5.30. The van der Waals surface area contributed by atoms with Crippen molar-refractivity contribution in [1.82, 2.24) is 20.1 Å². The highest BCUT2D eigenvalue weighted by Gasteiger charge is 2.13. The maximum Gasteiger partial charge on any atom is 0.254 e. The van der Waals surface area contributed by atoms with E-state index in [4.69, 9.17) is 0 Å². The van der Waals surface area contributed by atoms with Gasteiger partial charge in [-0.3, -0.25) is 9.89 Å². The van der Waals surface area contributed by atoms with Crippen molar-refractivity contribution >= 4 is 21.8 Å². The van der Waals surface area contributed by atoms with Gasteiger partial charge in [0, 0.05) is 17.1 Å². The number of aryl methyl sites for hydroxylation is 1. The molecule has 94 valence electrons. The third-order valence-electron chi connectivity index (χ3n) is 2.49. The monoisotopic (exact) mass is 308 g/mol. The Morgan fingerprint density at radius 3 is 2.83 bits per heavy atom. The molecule has 1 amide bonds. The molecular formula is C12H13BrN4O. The van der Waals surface area contributed by atoms with Crippen LogP contribution in [0.5, 0.6) is 0 Å². The Labute approximate surface area is 113 Å². The molecule has 18 heavy (non-hydrogen) atoms. The Balaban J connectivity index is 2.15. The van der Waals surface area contributed by atoms with E-state index in [0.29, 0.717) is 17.9 Å². The topological polar surface area (TPSA) is 61.9 Å². The molecule has 5 nitrogen and oxygen atoms in total. The molecular weight excluding hydrogens is 296 g/mol. The van der Waals surface area contributed by atoms with Crippen molar-refractivity contribution in [3.63, 3.8) is 0 Å². The van der Waals surface area contributed by atoms with Gasteiger partial charge in [-0.2, -0.15) is 5.10 Å². The highest BCUT2D eigenvalue weighted by molar-refractivity contribution is 9.10. The van der Waals surface area contributed by atoms with Crippen molar-refractivity contribution < 1.29 is 4.79 Å². The molecule has 1 N–H and O–H groups in total. The molecule has 0 saturated heterocycles. The van der Waals surface area contributed by atoms with Gasteiger partial charge in [0.05, 0.1) is 6.54 Å². The molecule has 1 heterocycles. The summed E-state index contributed by atoms with van der Waals surface area (Å²) in [4.78, 5) is 17.8. The molecule has 6 heteroatoms. The molecule has 1 aromatic heterocycles. The van der Waals surface area contributed by atoms with Gasteiger partial charge in [-0.25, -0.2) is 4.98 Å². The zero-order chi connectivity index (χ0) is 13.1. The number of nitrogens with zero attached hydrogens (tertiary/aromatic N) is 3. The van der Waals surface area contributed by atoms with Gasteiger partial charge < -0.3 is 4.90 Å². The van der Waals surface area contributed by atoms with Gasteiger partial charge in [-0.1, -0.05) is 15.9 Å². The standard InChI is InChI=1S/C12H13BrN4O/c1-8-3-9(5-10(13)4-8)12(18)17(2)6-11-14-7-15-16-11/h3-5,7H,6H2,1-2H3,(H,14,15,16). The Bertz CT molecular complexity index is 533.